The Morgan fingerprint density at radius 3 is 2.94 bits per heavy atom. The van der Waals surface area contributed by atoms with Gasteiger partial charge in [-0.05, 0) is 18.1 Å². The minimum Gasteiger partial charge on any atom is -0.496 e. The summed E-state index contributed by atoms with van der Waals surface area (Å²) in [6, 6.07) is 5.78. The third-order valence-corrected chi connectivity index (χ3v) is 3.80. The molecule has 0 aromatic heterocycles. The van der Waals surface area contributed by atoms with E-state index in [2.05, 4.69) is 6.07 Å². The van der Waals surface area contributed by atoms with Crippen molar-refractivity contribution in [2.45, 2.75) is 25.3 Å². The summed E-state index contributed by atoms with van der Waals surface area (Å²) in [6.07, 6.45) is 1.31. The second-order valence-corrected chi connectivity index (χ2v) is 4.81. The van der Waals surface area contributed by atoms with E-state index in [1.54, 1.807) is 7.11 Å². The van der Waals surface area contributed by atoms with Crippen LogP contribution in [0.1, 0.15) is 30.0 Å². The monoisotopic (exact) mass is 245 g/mol. The summed E-state index contributed by atoms with van der Waals surface area (Å²) < 4.78 is 5.38. The molecule has 1 fully saturated rings. The average molecular weight is 245 g/mol. The summed E-state index contributed by atoms with van der Waals surface area (Å²) in [6.45, 7) is 0.705. The molecule has 2 aliphatic rings. The number of ether oxygens (including phenoxy) is 1. The Labute approximate surface area is 106 Å². The van der Waals surface area contributed by atoms with Crippen molar-refractivity contribution in [3.05, 3.63) is 29.3 Å². The van der Waals surface area contributed by atoms with E-state index in [0.717, 1.165) is 17.7 Å². The predicted molar refractivity (Wildman–Crippen MR) is 65.4 cm³/mol. The number of fused-ring (bicyclic) bond motifs is 3. The van der Waals surface area contributed by atoms with Gasteiger partial charge in [0, 0.05) is 18.5 Å². The number of piperidine rings is 1. The van der Waals surface area contributed by atoms with E-state index in [1.807, 2.05) is 17.0 Å². The summed E-state index contributed by atoms with van der Waals surface area (Å²) >= 11 is 0. The number of benzene rings is 1. The molecular formula is C14H15NO3. The molecule has 4 heteroatoms. The summed E-state index contributed by atoms with van der Waals surface area (Å²) in [5.74, 6) is 0.762. The van der Waals surface area contributed by atoms with Gasteiger partial charge in [0.25, 0.3) is 0 Å². The van der Waals surface area contributed by atoms with Gasteiger partial charge in [-0.1, -0.05) is 12.1 Å². The van der Waals surface area contributed by atoms with Gasteiger partial charge in [-0.15, -0.1) is 0 Å². The van der Waals surface area contributed by atoms with Crippen molar-refractivity contribution in [2.75, 3.05) is 13.7 Å². The van der Waals surface area contributed by atoms with Crippen molar-refractivity contribution in [3.8, 4) is 5.75 Å². The maximum absolute atomic E-state index is 11.9. The Hall–Kier alpha value is -1.84. The Morgan fingerprint density at radius 1 is 1.33 bits per heavy atom. The second kappa shape index (κ2) is 4.12. The molecule has 2 aliphatic heterocycles. The molecule has 0 spiro atoms. The van der Waals surface area contributed by atoms with Crippen molar-refractivity contribution >= 4 is 11.7 Å². The van der Waals surface area contributed by atoms with Crippen molar-refractivity contribution in [1.82, 2.24) is 4.90 Å². The highest BCUT2D eigenvalue weighted by atomic mass is 16.5. The molecule has 1 saturated heterocycles. The number of hydrogen-bond donors (Lipinski definition) is 0. The van der Waals surface area contributed by atoms with Gasteiger partial charge in [0.05, 0.1) is 19.6 Å². The van der Waals surface area contributed by atoms with Gasteiger partial charge in [0.15, 0.2) is 0 Å². The highest BCUT2D eigenvalue weighted by molar-refractivity contribution is 6.01. The van der Waals surface area contributed by atoms with E-state index in [0.29, 0.717) is 13.0 Å². The molecule has 4 nitrogen and oxygen atoms in total. The molecule has 3 rings (SSSR count). The number of amides is 1. The lowest BCUT2D eigenvalue weighted by Crippen LogP contribution is -2.45. The number of carbonyl (C=O) groups is 2. The van der Waals surface area contributed by atoms with Crippen LogP contribution in [0.2, 0.25) is 0 Å². The van der Waals surface area contributed by atoms with Gasteiger partial charge >= 0.3 is 0 Å². The largest absolute Gasteiger partial charge is 0.496 e. The topological polar surface area (TPSA) is 46.6 Å². The van der Waals surface area contributed by atoms with Crippen LogP contribution in [0.25, 0.3) is 0 Å². The highest BCUT2D eigenvalue weighted by Crippen LogP contribution is 2.40. The first kappa shape index (κ1) is 11.3. The minimum atomic E-state index is -0.126. The van der Waals surface area contributed by atoms with Crippen LogP contribution >= 0.6 is 0 Å². The lowest BCUT2D eigenvalue weighted by molar-refractivity contribution is -0.143. The quantitative estimate of drug-likeness (QED) is 0.704. The lowest BCUT2D eigenvalue weighted by atomic mass is 9.85. The molecule has 1 amide bonds. The molecule has 1 aromatic rings. The fraction of sp³-hybridized carbons (Fsp3) is 0.429. The minimum absolute atomic E-state index is 0.0278. The fourth-order valence-electron chi connectivity index (χ4n) is 2.99. The number of hydrogen-bond acceptors (Lipinski definition) is 3. The van der Waals surface area contributed by atoms with Crippen LogP contribution in [0.4, 0.5) is 0 Å². The zero-order chi connectivity index (χ0) is 12.7. The molecule has 0 aliphatic carbocycles. The number of ketones is 1. The number of Topliss-reactive ketones (excluding diaryl/α,β-unsaturated/α-hetero) is 1. The van der Waals surface area contributed by atoms with Crippen molar-refractivity contribution < 1.29 is 14.3 Å². The van der Waals surface area contributed by atoms with E-state index in [4.69, 9.17) is 4.74 Å². The second-order valence-electron chi connectivity index (χ2n) is 4.81. The first-order valence-corrected chi connectivity index (χ1v) is 6.17. The van der Waals surface area contributed by atoms with E-state index in [1.165, 1.54) is 5.56 Å². The maximum atomic E-state index is 11.9. The third-order valence-electron chi connectivity index (χ3n) is 3.80. The van der Waals surface area contributed by atoms with Crippen LogP contribution in [-0.2, 0) is 16.0 Å². The highest BCUT2D eigenvalue weighted by Gasteiger charge is 2.38. The predicted octanol–water partition coefficient (Wildman–Crippen LogP) is 1.48. The normalized spacial score (nSPS) is 22.5. The molecule has 0 radical (unpaired) electrons. The molecule has 0 saturated carbocycles. The zero-order valence-electron chi connectivity index (χ0n) is 10.3. The number of methoxy groups -OCH3 is 1. The Bertz CT molecular complexity index is 510. The molecule has 94 valence electrons. The molecule has 0 bridgehead atoms. The Morgan fingerprint density at radius 2 is 2.17 bits per heavy atom. The first-order chi connectivity index (χ1) is 8.70. The molecule has 1 aromatic carbocycles. The summed E-state index contributed by atoms with van der Waals surface area (Å²) in [4.78, 5) is 25.4. The SMILES string of the molecule is COc1cccc2c1C1CC(=O)CC(=O)N1CC2. The van der Waals surface area contributed by atoms with Crippen LogP contribution in [0, 0.1) is 0 Å². The van der Waals surface area contributed by atoms with E-state index < -0.39 is 0 Å². The molecule has 0 N–H and O–H groups in total. The Balaban J connectivity index is 2.10. The van der Waals surface area contributed by atoms with Gasteiger partial charge in [-0.3, -0.25) is 9.59 Å². The average Bonchev–Trinajstić information content (AvgIpc) is 2.37. The van der Waals surface area contributed by atoms with E-state index >= 15 is 0 Å². The smallest absolute Gasteiger partial charge is 0.230 e. The van der Waals surface area contributed by atoms with Crippen molar-refractivity contribution in [2.24, 2.45) is 0 Å². The number of nitrogens with zero attached hydrogens (tertiary/aromatic N) is 1. The standard InChI is InChI=1S/C14H15NO3/c1-18-12-4-2-3-9-5-6-15-11(14(9)12)7-10(16)8-13(15)17/h2-4,11H,5-8H2,1H3. The molecule has 2 heterocycles. The summed E-state index contributed by atoms with van der Waals surface area (Å²) in [5, 5.41) is 0. The van der Waals surface area contributed by atoms with Crippen LogP contribution in [-0.4, -0.2) is 30.2 Å². The van der Waals surface area contributed by atoms with Crippen LogP contribution in [0.5, 0.6) is 5.75 Å². The van der Waals surface area contributed by atoms with Gasteiger partial charge in [0.1, 0.15) is 11.5 Å². The molecular weight excluding hydrogens is 230 g/mol. The van der Waals surface area contributed by atoms with Crippen LogP contribution < -0.4 is 4.74 Å². The molecule has 1 unspecified atom stereocenters. The third kappa shape index (κ3) is 1.60. The maximum Gasteiger partial charge on any atom is 0.230 e. The molecule has 18 heavy (non-hydrogen) atoms. The van der Waals surface area contributed by atoms with Gasteiger partial charge < -0.3 is 9.64 Å². The zero-order valence-corrected chi connectivity index (χ0v) is 10.3. The van der Waals surface area contributed by atoms with E-state index in [9.17, 15) is 9.59 Å². The summed E-state index contributed by atoms with van der Waals surface area (Å²) in [5.41, 5.74) is 2.21. The van der Waals surface area contributed by atoms with Crippen molar-refractivity contribution in [3.63, 3.8) is 0 Å². The number of carbonyl (C=O) groups excluding carboxylic acids is 2. The first-order valence-electron chi connectivity index (χ1n) is 6.17. The lowest BCUT2D eigenvalue weighted by Gasteiger charge is -2.40. The van der Waals surface area contributed by atoms with Crippen LogP contribution in [0.15, 0.2) is 18.2 Å². The number of rotatable bonds is 1. The van der Waals surface area contributed by atoms with Gasteiger partial charge in [-0.2, -0.15) is 0 Å². The molecule has 1 atom stereocenters. The summed E-state index contributed by atoms with van der Waals surface area (Å²) in [7, 11) is 1.63. The van der Waals surface area contributed by atoms with Crippen LogP contribution in [0.3, 0.4) is 0 Å². The fourth-order valence-corrected chi connectivity index (χ4v) is 2.99. The van der Waals surface area contributed by atoms with E-state index in [-0.39, 0.29) is 24.2 Å². The van der Waals surface area contributed by atoms with Crippen molar-refractivity contribution in [1.29, 1.82) is 0 Å². The Kier molecular flexibility index (Phi) is 2.58. The van der Waals surface area contributed by atoms with Gasteiger partial charge in [0.2, 0.25) is 5.91 Å². The van der Waals surface area contributed by atoms with Gasteiger partial charge in [-0.25, -0.2) is 0 Å².